The molecule has 1 aromatic rings. The summed E-state index contributed by atoms with van der Waals surface area (Å²) >= 11 is 6.08. The number of halogens is 1. The Morgan fingerprint density at radius 3 is 2.65 bits per heavy atom. The van der Waals surface area contributed by atoms with Crippen molar-refractivity contribution in [2.75, 3.05) is 11.9 Å². The third-order valence-electron chi connectivity index (χ3n) is 2.53. The number of anilines is 1. The minimum atomic E-state index is -0.534. The van der Waals surface area contributed by atoms with Crippen molar-refractivity contribution in [3.63, 3.8) is 0 Å². The smallest absolute Gasteiger partial charge is 0.330 e. The van der Waals surface area contributed by atoms with Crippen LogP contribution in [0.5, 0.6) is 0 Å². The van der Waals surface area contributed by atoms with E-state index < -0.39 is 11.9 Å². The summed E-state index contributed by atoms with van der Waals surface area (Å²) in [5, 5.41) is 3.11. The van der Waals surface area contributed by atoms with E-state index in [1.54, 1.807) is 12.1 Å². The molecule has 0 aliphatic heterocycles. The van der Waals surface area contributed by atoms with E-state index >= 15 is 0 Å². The zero-order chi connectivity index (χ0) is 15.1. The maximum Gasteiger partial charge on any atom is 0.330 e. The number of hydrogen-bond donors (Lipinski definition) is 1. The number of rotatable bonds is 5. The van der Waals surface area contributed by atoms with E-state index in [0.717, 1.165) is 17.5 Å². The molecule has 0 saturated carbocycles. The molecule has 0 radical (unpaired) electrons. The zero-order valence-corrected chi connectivity index (χ0v) is 12.6. The van der Waals surface area contributed by atoms with Gasteiger partial charge in [-0.05, 0) is 37.5 Å². The lowest BCUT2D eigenvalue weighted by Crippen LogP contribution is -2.20. The lowest BCUT2D eigenvalue weighted by atomic mass is 10.1. The zero-order valence-electron chi connectivity index (χ0n) is 11.8. The normalized spacial score (nSPS) is 10.6. The number of nitrogens with one attached hydrogen (secondary N) is 1. The van der Waals surface area contributed by atoms with Gasteiger partial charge in [0.15, 0.2) is 6.61 Å². The van der Waals surface area contributed by atoms with Crippen molar-refractivity contribution in [3.05, 3.63) is 40.4 Å². The Labute approximate surface area is 123 Å². The summed E-state index contributed by atoms with van der Waals surface area (Å²) in [6, 6.07) is 3.68. The van der Waals surface area contributed by atoms with Gasteiger partial charge in [-0.25, -0.2) is 4.79 Å². The molecule has 1 N–H and O–H groups in total. The molecule has 5 heteroatoms. The number of carbonyl (C=O) groups is 2. The van der Waals surface area contributed by atoms with Gasteiger partial charge in [-0.2, -0.15) is 0 Å². The lowest BCUT2D eigenvalue weighted by molar-refractivity contribution is -0.142. The number of ether oxygens (including phenoxy) is 1. The SMILES string of the molecule is CC/C=C/C(=O)OCC(=O)Nc1c(C)cc(C)cc1Cl. The number of benzene rings is 1. The molecule has 1 amide bonds. The number of carbonyl (C=O) groups excluding carboxylic acids is 2. The van der Waals surface area contributed by atoms with Gasteiger partial charge in [0.1, 0.15) is 0 Å². The van der Waals surface area contributed by atoms with Gasteiger partial charge in [-0.1, -0.05) is 30.7 Å². The highest BCUT2D eigenvalue weighted by atomic mass is 35.5. The molecule has 0 aliphatic rings. The molecular formula is C15H18ClNO3. The minimum Gasteiger partial charge on any atom is -0.452 e. The van der Waals surface area contributed by atoms with Crippen LogP contribution in [0, 0.1) is 13.8 Å². The minimum absolute atomic E-state index is 0.337. The van der Waals surface area contributed by atoms with Crippen LogP contribution >= 0.6 is 11.6 Å². The number of hydrogen-bond acceptors (Lipinski definition) is 3. The van der Waals surface area contributed by atoms with Gasteiger partial charge in [-0.15, -0.1) is 0 Å². The van der Waals surface area contributed by atoms with E-state index in [1.165, 1.54) is 6.08 Å². The van der Waals surface area contributed by atoms with Crippen molar-refractivity contribution in [1.82, 2.24) is 0 Å². The molecule has 0 aliphatic carbocycles. The van der Waals surface area contributed by atoms with E-state index in [1.807, 2.05) is 26.8 Å². The highest BCUT2D eigenvalue weighted by molar-refractivity contribution is 6.34. The summed E-state index contributed by atoms with van der Waals surface area (Å²) in [5.41, 5.74) is 2.42. The average Bonchev–Trinajstić information content (AvgIpc) is 2.38. The standard InChI is InChI=1S/C15H18ClNO3/c1-4-5-6-14(19)20-9-13(18)17-15-11(3)7-10(2)8-12(15)16/h5-8H,4,9H2,1-3H3,(H,17,18)/b6-5+. The summed E-state index contributed by atoms with van der Waals surface area (Å²) in [5.74, 6) is -0.953. The van der Waals surface area contributed by atoms with Crippen LogP contribution in [-0.4, -0.2) is 18.5 Å². The highest BCUT2D eigenvalue weighted by Gasteiger charge is 2.10. The number of amides is 1. The predicted molar refractivity (Wildman–Crippen MR) is 79.9 cm³/mol. The molecular weight excluding hydrogens is 278 g/mol. The Hall–Kier alpha value is -1.81. The molecule has 108 valence electrons. The van der Waals surface area contributed by atoms with Crippen molar-refractivity contribution in [1.29, 1.82) is 0 Å². The number of aryl methyl sites for hydroxylation is 2. The molecule has 0 aromatic heterocycles. The molecule has 0 unspecified atom stereocenters. The van der Waals surface area contributed by atoms with E-state index in [4.69, 9.17) is 16.3 Å². The first-order chi connectivity index (χ1) is 9.43. The summed E-state index contributed by atoms with van der Waals surface area (Å²) in [7, 11) is 0. The summed E-state index contributed by atoms with van der Waals surface area (Å²) in [6.45, 7) is 5.34. The number of esters is 1. The van der Waals surface area contributed by atoms with Crippen molar-refractivity contribution in [2.45, 2.75) is 27.2 Å². The van der Waals surface area contributed by atoms with Crippen LogP contribution in [0.15, 0.2) is 24.3 Å². The Morgan fingerprint density at radius 1 is 1.35 bits per heavy atom. The first kappa shape index (κ1) is 16.2. The summed E-state index contributed by atoms with van der Waals surface area (Å²) in [6.07, 6.45) is 3.71. The second-order valence-corrected chi connectivity index (χ2v) is 4.81. The fourth-order valence-electron chi connectivity index (χ4n) is 1.65. The monoisotopic (exact) mass is 295 g/mol. The maximum absolute atomic E-state index is 11.7. The van der Waals surface area contributed by atoms with Gasteiger partial charge >= 0.3 is 5.97 Å². The van der Waals surface area contributed by atoms with E-state index in [-0.39, 0.29) is 6.61 Å². The van der Waals surface area contributed by atoms with Crippen molar-refractivity contribution < 1.29 is 14.3 Å². The largest absolute Gasteiger partial charge is 0.452 e. The fourth-order valence-corrected chi connectivity index (χ4v) is 2.02. The van der Waals surface area contributed by atoms with Gasteiger partial charge in [0.25, 0.3) is 5.91 Å². The molecule has 0 heterocycles. The molecule has 1 aromatic carbocycles. The Morgan fingerprint density at radius 2 is 2.05 bits per heavy atom. The molecule has 1 rings (SSSR count). The maximum atomic E-state index is 11.7. The summed E-state index contributed by atoms with van der Waals surface area (Å²) < 4.78 is 4.80. The van der Waals surface area contributed by atoms with Crippen LogP contribution < -0.4 is 5.32 Å². The lowest BCUT2D eigenvalue weighted by Gasteiger charge is -2.11. The fraction of sp³-hybridized carbons (Fsp3) is 0.333. The van der Waals surface area contributed by atoms with Crippen LogP contribution in [0.2, 0.25) is 5.02 Å². The van der Waals surface area contributed by atoms with Crippen molar-refractivity contribution >= 4 is 29.2 Å². The van der Waals surface area contributed by atoms with Crippen LogP contribution in [-0.2, 0) is 14.3 Å². The van der Waals surface area contributed by atoms with Gasteiger partial charge in [0, 0.05) is 6.08 Å². The van der Waals surface area contributed by atoms with Gasteiger partial charge in [0.2, 0.25) is 0 Å². The highest BCUT2D eigenvalue weighted by Crippen LogP contribution is 2.27. The molecule has 0 fully saturated rings. The predicted octanol–water partition coefficient (Wildman–Crippen LogP) is 3.40. The van der Waals surface area contributed by atoms with E-state index in [2.05, 4.69) is 5.32 Å². The Kier molecular flexibility index (Phi) is 6.25. The first-order valence-corrected chi connectivity index (χ1v) is 6.71. The topological polar surface area (TPSA) is 55.4 Å². The third kappa shape index (κ3) is 5.05. The molecule has 4 nitrogen and oxygen atoms in total. The van der Waals surface area contributed by atoms with Crippen molar-refractivity contribution in [2.24, 2.45) is 0 Å². The van der Waals surface area contributed by atoms with Crippen LogP contribution in [0.4, 0.5) is 5.69 Å². The second kappa shape index (κ2) is 7.70. The van der Waals surface area contributed by atoms with Crippen LogP contribution in [0.1, 0.15) is 24.5 Å². The van der Waals surface area contributed by atoms with Gasteiger partial charge in [0.05, 0.1) is 10.7 Å². The van der Waals surface area contributed by atoms with Crippen LogP contribution in [0.3, 0.4) is 0 Å². The second-order valence-electron chi connectivity index (χ2n) is 4.41. The number of allylic oxidation sites excluding steroid dienone is 1. The first-order valence-electron chi connectivity index (χ1n) is 6.34. The molecule has 0 saturated heterocycles. The van der Waals surface area contributed by atoms with E-state index in [0.29, 0.717) is 10.7 Å². The molecule has 20 heavy (non-hydrogen) atoms. The molecule has 0 spiro atoms. The third-order valence-corrected chi connectivity index (χ3v) is 2.83. The molecule has 0 atom stereocenters. The Balaban J connectivity index is 2.59. The van der Waals surface area contributed by atoms with Gasteiger partial charge < -0.3 is 10.1 Å². The molecule has 0 bridgehead atoms. The average molecular weight is 296 g/mol. The van der Waals surface area contributed by atoms with Crippen LogP contribution in [0.25, 0.3) is 0 Å². The van der Waals surface area contributed by atoms with Gasteiger partial charge in [-0.3, -0.25) is 4.79 Å². The quantitative estimate of drug-likeness (QED) is 0.669. The van der Waals surface area contributed by atoms with E-state index in [9.17, 15) is 9.59 Å². The van der Waals surface area contributed by atoms with Crippen molar-refractivity contribution in [3.8, 4) is 0 Å². The Bertz CT molecular complexity index is 515. The summed E-state index contributed by atoms with van der Waals surface area (Å²) in [4.78, 5) is 22.9.